The maximum absolute atomic E-state index is 10.2. The number of hydrogen-bond donors (Lipinski definition) is 2. The van der Waals surface area contributed by atoms with Crippen LogP contribution in [0.25, 0.3) is 0 Å². The van der Waals surface area contributed by atoms with Crippen LogP contribution < -0.4 is 10.2 Å². The number of carboxylic acid groups (broad SMARTS) is 2. The summed E-state index contributed by atoms with van der Waals surface area (Å²) >= 11 is 0. The molecule has 0 fully saturated rings. The van der Waals surface area contributed by atoms with Crippen LogP contribution in [-0.2, 0) is 36.9 Å². The van der Waals surface area contributed by atoms with Gasteiger partial charge in [0.1, 0.15) is 0 Å². The molecule has 0 amide bonds. The van der Waals surface area contributed by atoms with Crippen LogP contribution >= 0.6 is 0 Å². The summed E-state index contributed by atoms with van der Waals surface area (Å²) in [5.41, 5.74) is 0. The van der Waals surface area contributed by atoms with Gasteiger partial charge in [-0.3, -0.25) is 0 Å². The zero-order chi connectivity index (χ0) is 31.5. The number of aliphatic carboxylic acids is 2. The molecular formula is C36H66CdO6. The summed E-state index contributed by atoms with van der Waals surface area (Å²) in [6.07, 6.45) is 34.0. The molecule has 0 heterocycles. The molecule has 6 nitrogen and oxygen atoms in total. The standard InChI is InChI=1S/2C18H34O3.Cd/c2*1-2-3-4-11-14-17(19)15-12-9-7-5-6-8-10-13-16-18(20)21;/h2*9,12,17,19H,2-8,10-11,13-16H2,1H3,(H,20,21);/q;;+2/p-2/t2*17-;/m11./s1. The van der Waals surface area contributed by atoms with Crippen LogP contribution in [0.15, 0.2) is 24.3 Å². The smallest absolute Gasteiger partial charge is 0.550 e. The molecule has 0 aromatic heterocycles. The van der Waals surface area contributed by atoms with Crippen molar-refractivity contribution < 1.29 is 57.3 Å². The van der Waals surface area contributed by atoms with Crippen LogP contribution in [0, 0.1) is 0 Å². The summed E-state index contributed by atoms with van der Waals surface area (Å²) in [5, 5.41) is 40.0. The predicted molar refractivity (Wildman–Crippen MR) is 172 cm³/mol. The number of carbonyl (C=O) groups excluding carboxylic acids is 2. The molecule has 0 aliphatic heterocycles. The number of hydrogen-bond acceptors (Lipinski definition) is 6. The monoisotopic (exact) mass is 708 g/mol. The maximum atomic E-state index is 10.2. The van der Waals surface area contributed by atoms with Gasteiger partial charge in [0, 0.05) is 11.9 Å². The molecule has 0 rings (SSSR count). The summed E-state index contributed by atoms with van der Waals surface area (Å²) < 4.78 is 0. The van der Waals surface area contributed by atoms with Crippen molar-refractivity contribution in [1.29, 1.82) is 0 Å². The van der Waals surface area contributed by atoms with Gasteiger partial charge < -0.3 is 30.0 Å². The normalized spacial score (nSPS) is 12.6. The van der Waals surface area contributed by atoms with Crippen molar-refractivity contribution in [3.8, 4) is 0 Å². The molecule has 43 heavy (non-hydrogen) atoms. The molecule has 0 aliphatic carbocycles. The molecule has 0 aliphatic rings. The van der Waals surface area contributed by atoms with E-state index in [1.807, 2.05) is 0 Å². The zero-order valence-corrected chi connectivity index (χ0v) is 32.1. The summed E-state index contributed by atoms with van der Waals surface area (Å²) in [5.74, 6) is -1.88. The molecule has 0 bridgehead atoms. The van der Waals surface area contributed by atoms with Crippen LogP contribution in [0.3, 0.4) is 0 Å². The van der Waals surface area contributed by atoms with E-state index < -0.39 is 11.9 Å². The van der Waals surface area contributed by atoms with Crippen molar-refractivity contribution in [1.82, 2.24) is 0 Å². The van der Waals surface area contributed by atoms with Gasteiger partial charge in [-0.1, -0.05) is 128 Å². The summed E-state index contributed by atoms with van der Waals surface area (Å²) in [4.78, 5) is 20.4. The first-order chi connectivity index (χ1) is 20.3. The van der Waals surface area contributed by atoms with Crippen molar-refractivity contribution >= 4 is 11.9 Å². The Morgan fingerprint density at radius 1 is 0.512 bits per heavy atom. The van der Waals surface area contributed by atoms with E-state index in [1.54, 1.807) is 0 Å². The molecule has 248 valence electrons. The molecule has 2 N–H and O–H groups in total. The predicted octanol–water partition coefficient (Wildman–Crippen LogP) is 7.49. The number of carbonyl (C=O) groups is 2. The topological polar surface area (TPSA) is 121 Å². The van der Waals surface area contributed by atoms with Crippen molar-refractivity contribution in [3.63, 3.8) is 0 Å². The fourth-order valence-corrected chi connectivity index (χ4v) is 4.72. The average Bonchev–Trinajstić information content (AvgIpc) is 2.95. The Hall–Kier alpha value is -0.738. The van der Waals surface area contributed by atoms with Gasteiger partial charge in [-0.15, -0.1) is 0 Å². The molecule has 0 aromatic carbocycles. The molecule has 0 unspecified atom stereocenters. The minimum absolute atomic E-state index is 0. The minimum atomic E-state index is -0.939. The van der Waals surface area contributed by atoms with Gasteiger partial charge in [-0.05, 0) is 77.0 Å². The Kier molecular flexibility index (Phi) is 42.6. The van der Waals surface area contributed by atoms with E-state index in [1.165, 1.54) is 38.5 Å². The fourth-order valence-electron chi connectivity index (χ4n) is 4.72. The molecule has 7 heteroatoms. The second kappa shape index (κ2) is 39.3. The Morgan fingerprint density at radius 3 is 1.19 bits per heavy atom. The molecular weight excluding hydrogens is 641 g/mol. The second-order valence-electron chi connectivity index (χ2n) is 11.8. The van der Waals surface area contributed by atoms with Gasteiger partial charge >= 0.3 is 27.3 Å². The molecule has 0 aromatic rings. The van der Waals surface area contributed by atoms with Gasteiger partial charge in [-0.2, -0.15) is 0 Å². The first-order valence-electron chi connectivity index (χ1n) is 17.4. The van der Waals surface area contributed by atoms with E-state index in [2.05, 4.69) is 38.2 Å². The minimum Gasteiger partial charge on any atom is -0.550 e. The van der Waals surface area contributed by atoms with Gasteiger partial charge in [0.2, 0.25) is 0 Å². The van der Waals surface area contributed by atoms with Crippen molar-refractivity contribution in [2.24, 2.45) is 0 Å². The van der Waals surface area contributed by atoms with E-state index >= 15 is 0 Å². The maximum Gasteiger partial charge on any atom is 2.00 e. The van der Waals surface area contributed by atoms with E-state index in [0.717, 1.165) is 116 Å². The van der Waals surface area contributed by atoms with E-state index in [4.69, 9.17) is 0 Å². The largest absolute Gasteiger partial charge is 2.00 e. The molecule has 0 saturated carbocycles. The van der Waals surface area contributed by atoms with Crippen LogP contribution in [0.4, 0.5) is 0 Å². The third-order valence-corrected chi connectivity index (χ3v) is 7.43. The molecule has 0 radical (unpaired) electrons. The molecule has 0 saturated heterocycles. The van der Waals surface area contributed by atoms with Crippen LogP contribution in [0.2, 0.25) is 0 Å². The van der Waals surface area contributed by atoms with Crippen molar-refractivity contribution in [2.45, 2.75) is 193 Å². The average molecular weight is 707 g/mol. The van der Waals surface area contributed by atoms with E-state index in [9.17, 15) is 30.0 Å². The molecule has 2 atom stereocenters. The SMILES string of the molecule is CCCCCC[C@@H](O)CC=CCCCCCCCC(=O)[O-].CCCCCC[C@@H](O)CC=CCCCCCCCC(=O)[O-].[Cd+2]. The van der Waals surface area contributed by atoms with Gasteiger partial charge in [0.15, 0.2) is 0 Å². The summed E-state index contributed by atoms with van der Waals surface area (Å²) in [7, 11) is 0. The second-order valence-corrected chi connectivity index (χ2v) is 11.8. The van der Waals surface area contributed by atoms with Crippen molar-refractivity contribution in [3.05, 3.63) is 24.3 Å². The summed E-state index contributed by atoms with van der Waals surface area (Å²) in [6, 6.07) is 0. The number of unbranched alkanes of at least 4 members (excludes halogenated alkanes) is 16. The number of carboxylic acids is 2. The third kappa shape index (κ3) is 45.8. The molecule has 0 spiro atoms. The van der Waals surface area contributed by atoms with Gasteiger partial charge in [0.25, 0.3) is 0 Å². The first kappa shape index (κ1) is 46.7. The number of aliphatic hydroxyl groups excluding tert-OH is 2. The Bertz CT molecular complexity index is 583. The Balaban J connectivity index is -0.000000727. The third-order valence-electron chi connectivity index (χ3n) is 7.43. The van der Waals surface area contributed by atoms with Crippen LogP contribution in [0.1, 0.15) is 181 Å². The number of aliphatic hydroxyl groups is 2. The van der Waals surface area contributed by atoms with Gasteiger partial charge in [0.05, 0.1) is 12.2 Å². The number of rotatable bonds is 30. The quantitative estimate of drug-likeness (QED) is 0.0454. The Labute approximate surface area is 285 Å². The van der Waals surface area contributed by atoms with Gasteiger partial charge in [-0.25, -0.2) is 0 Å². The van der Waals surface area contributed by atoms with E-state index in [0.29, 0.717) is 0 Å². The van der Waals surface area contributed by atoms with Crippen LogP contribution in [0.5, 0.6) is 0 Å². The first-order valence-corrected chi connectivity index (χ1v) is 17.4. The number of allylic oxidation sites excluding steroid dienone is 2. The van der Waals surface area contributed by atoms with Crippen molar-refractivity contribution in [2.75, 3.05) is 0 Å². The van der Waals surface area contributed by atoms with Crippen LogP contribution in [-0.4, -0.2) is 34.4 Å². The zero-order valence-electron chi connectivity index (χ0n) is 28.1. The fraction of sp³-hybridized carbons (Fsp3) is 0.833. The Morgan fingerprint density at radius 2 is 0.837 bits per heavy atom. The van der Waals surface area contributed by atoms with E-state index in [-0.39, 0.29) is 52.3 Å². The summed E-state index contributed by atoms with van der Waals surface area (Å²) in [6.45, 7) is 4.39.